The van der Waals surface area contributed by atoms with Crippen LogP contribution in [0.15, 0.2) is 35.0 Å². The Morgan fingerprint density at radius 1 is 1.08 bits per heavy atom. The normalized spacial score (nSPS) is 19.3. The van der Waals surface area contributed by atoms with Crippen LogP contribution in [-0.4, -0.2) is 33.1 Å². The highest BCUT2D eigenvalue weighted by molar-refractivity contribution is 6.62. The van der Waals surface area contributed by atoms with Gasteiger partial charge in [0, 0.05) is 13.2 Å². The van der Waals surface area contributed by atoms with Crippen molar-refractivity contribution in [1.29, 1.82) is 0 Å². The molecule has 7 heteroatoms. The first-order valence-corrected chi connectivity index (χ1v) is 8.00. The average Bonchev–Trinajstić information content (AvgIpc) is 3.15. The van der Waals surface area contributed by atoms with E-state index in [-0.39, 0.29) is 11.2 Å². The van der Waals surface area contributed by atoms with Crippen molar-refractivity contribution in [2.45, 2.75) is 38.9 Å². The first kappa shape index (κ1) is 15.4. The highest BCUT2D eigenvalue weighted by Crippen LogP contribution is 2.36. The molecule has 24 heavy (non-hydrogen) atoms. The first-order valence-electron chi connectivity index (χ1n) is 8.00. The van der Waals surface area contributed by atoms with Gasteiger partial charge in [0.1, 0.15) is 5.52 Å². The molecule has 0 aliphatic carbocycles. The van der Waals surface area contributed by atoms with E-state index in [1.165, 1.54) is 0 Å². The summed E-state index contributed by atoms with van der Waals surface area (Å²) in [5.74, 6) is 0.559. The van der Waals surface area contributed by atoms with Crippen LogP contribution in [0.4, 0.5) is 0 Å². The molecular formula is C17H20BN3O3. The molecule has 124 valence electrons. The van der Waals surface area contributed by atoms with Crippen LogP contribution in [-0.2, 0) is 16.4 Å². The van der Waals surface area contributed by atoms with Crippen molar-refractivity contribution in [1.82, 2.24) is 14.8 Å². The van der Waals surface area contributed by atoms with Gasteiger partial charge >= 0.3 is 7.12 Å². The van der Waals surface area contributed by atoms with Crippen LogP contribution in [0, 0.1) is 0 Å². The quantitative estimate of drug-likeness (QED) is 0.678. The molecule has 0 atom stereocenters. The second-order valence-corrected chi connectivity index (χ2v) is 7.24. The predicted molar refractivity (Wildman–Crippen MR) is 91.9 cm³/mol. The Morgan fingerprint density at radius 3 is 2.42 bits per heavy atom. The summed E-state index contributed by atoms with van der Waals surface area (Å²) in [7, 11) is 1.46. The molecule has 0 radical (unpaired) electrons. The number of aryl methyl sites for hydroxylation is 1. The van der Waals surface area contributed by atoms with Crippen molar-refractivity contribution in [2.24, 2.45) is 7.05 Å². The van der Waals surface area contributed by atoms with Crippen LogP contribution in [0.25, 0.3) is 22.6 Å². The number of hydrogen-bond acceptors (Lipinski definition) is 5. The molecule has 1 aromatic carbocycles. The maximum Gasteiger partial charge on any atom is 0.494 e. The molecular weight excluding hydrogens is 305 g/mol. The number of benzene rings is 1. The topological polar surface area (TPSA) is 62.3 Å². The maximum absolute atomic E-state index is 6.10. The van der Waals surface area contributed by atoms with E-state index in [9.17, 15) is 0 Å². The third-order valence-corrected chi connectivity index (χ3v) is 4.89. The SMILES string of the molecule is Cn1cc(-c2nc3cc(B4OC(C)(C)C(C)(C)O4)ccc3o2)cn1. The Morgan fingerprint density at radius 2 is 1.79 bits per heavy atom. The molecule has 1 saturated heterocycles. The zero-order valence-corrected chi connectivity index (χ0v) is 14.5. The zero-order chi connectivity index (χ0) is 17.1. The molecule has 1 aliphatic heterocycles. The molecule has 3 heterocycles. The first-order chi connectivity index (χ1) is 11.2. The fourth-order valence-electron chi connectivity index (χ4n) is 2.73. The smallest absolute Gasteiger partial charge is 0.436 e. The summed E-state index contributed by atoms with van der Waals surface area (Å²) in [6.45, 7) is 8.18. The van der Waals surface area contributed by atoms with E-state index in [0.29, 0.717) is 5.89 Å². The predicted octanol–water partition coefficient (Wildman–Crippen LogP) is 2.53. The Hall–Kier alpha value is -2.12. The van der Waals surface area contributed by atoms with Gasteiger partial charge in [-0.3, -0.25) is 4.68 Å². The summed E-state index contributed by atoms with van der Waals surface area (Å²) in [5, 5.41) is 4.15. The Labute approximate surface area is 140 Å². The van der Waals surface area contributed by atoms with Crippen LogP contribution in [0.5, 0.6) is 0 Å². The number of fused-ring (bicyclic) bond motifs is 1. The second-order valence-electron chi connectivity index (χ2n) is 7.24. The van der Waals surface area contributed by atoms with E-state index in [0.717, 1.165) is 22.1 Å². The lowest BCUT2D eigenvalue weighted by molar-refractivity contribution is 0.00578. The van der Waals surface area contributed by atoms with E-state index in [1.807, 2.05) is 59.1 Å². The van der Waals surface area contributed by atoms with E-state index in [1.54, 1.807) is 10.9 Å². The molecule has 0 amide bonds. The lowest BCUT2D eigenvalue weighted by atomic mass is 9.79. The molecule has 0 N–H and O–H groups in total. The molecule has 1 fully saturated rings. The minimum Gasteiger partial charge on any atom is -0.436 e. The van der Waals surface area contributed by atoms with Crippen LogP contribution in [0.2, 0.25) is 0 Å². The molecule has 0 bridgehead atoms. The van der Waals surface area contributed by atoms with E-state index >= 15 is 0 Å². The van der Waals surface area contributed by atoms with Crippen molar-refractivity contribution in [3.05, 3.63) is 30.6 Å². The lowest BCUT2D eigenvalue weighted by Crippen LogP contribution is -2.41. The van der Waals surface area contributed by atoms with Gasteiger partial charge in [0.05, 0.1) is 23.0 Å². The molecule has 0 unspecified atom stereocenters. The minimum atomic E-state index is -0.405. The van der Waals surface area contributed by atoms with Gasteiger partial charge in [-0.1, -0.05) is 6.07 Å². The molecule has 0 saturated carbocycles. The monoisotopic (exact) mass is 325 g/mol. The third kappa shape index (κ3) is 2.35. The average molecular weight is 325 g/mol. The molecule has 0 spiro atoms. The van der Waals surface area contributed by atoms with E-state index < -0.39 is 7.12 Å². The number of aromatic nitrogens is 3. The highest BCUT2D eigenvalue weighted by Gasteiger charge is 2.51. The lowest BCUT2D eigenvalue weighted by Gasteiger charge is -2.32. The van der Waals surface area contributed by atoms with Crippen LogP contribution < -0.4 is 5.46 Å². The molecule has 1 aliphatic rings. The summed E-state index contributed by atoms with van der Waals surface area (Å²) in [6, 6.07) is 5.83. The van der Waals surface area contributed by atoms with E-state index in [2.05, 4.69) is 10.1 Å². The van der Waals surface area contributed by atoms with Crippen molar-refractivity contribution >= 4 is 23.7 Å². The standard InChI is InChI=1S/C17H20BN3O3/c1-16(2)17(3,4)24-18(23-16)12-6-7-14-13(8-12)20-15(22-14)11-9-19-21(5)10-11/h6-10H,1-5H3. The van der Waals surface area contributed by atoms with Crippen LogP contribution in [0.3, 0.4) is 0 Å². The van der Waals surface area contributed by atoms with Gasteiger partial charge in [0.15, 0.2) is 5.58 Å². The highest BCUT2D eigenvalue weighted by atomic mass is 16.7. The largest absolute Gasteiger partial charge is 0.494 e. The summed E-state index contributed by atoms with van der Waals surface area (Å²) >= 11 is 0. The number of rotatable bonds is 2. The van der Waals surface area contributed by atoms with Gasteiger partial charge in [0.25, 0.3) is 0 Å². The Balaban J connectivity index is 1.69. The fraction of sp³-hybridized carbons (Fsp3) is 0.412. The van der Waals surface area contributed by atoms with Crippen molar-refractivity contribution in [2.75, 3.05) is 0 Å². The third-order valence-electron chi connectivity index (χ3n) is 4.89. The van der Waals surface area contributed by atoms with Gasteiger partial charge < -0.3 is 13.7 Å². The maximum atomic E-state index is 6.10. The van der Waals surface area contributed by atoms with Crippen molar-refractivity contribution in [3.8, 4) is 11.5 Å². The van der Waals surface area contributed by atoms with Gasteiger partial charge in [-0.2, -0.15) is 5.10 Å². The molecule has 3 aromatic rings. The van der Waals surface area contributed by atoms with Gasteiger partial charge in [-0.15, -0.1) is 0 Å². The van der Waals surface area contributed by atoms with Gasteiger partial charge in [-0.25, -0.2) is 4.98 Å². The van der Waals surface area contributed by atoms with E-state index in [4.69, 9.17) is 13.7 Å². The Kier molecular flexibility index (Phi) is 3.17. The van der Waals surface area contributed by atoms with Gasteiger partial charge in [0.2, 0.25) is 5.89 Å². The second kappa shape index (κ2) is 4.94. The summed E-state index contributed by atoms with van der Waals surface area (Å²) in [5.41, 5.74) is 2.57. The molecule has 4 rings (SSSR count). The summed E-state index contributed by atoms with van der Waals surface area (Å²) in [6.07, 6.45) is 3.61. The summed E-state index contributed by atoms with van der Waals surface area (Å²) < 4.78 is 19.7. The van der Waals surface area contributed by atoms with Crippen molar-refractivity contribution < 1.29 is 13.7 Å². The molecule has 2 aromatic heterocycles. The Bertz CT molecular complexity index is 897. The summed E-state index contributed by atoms with van der Waals surface area (Å²) in [4.78, 5) is 4.57. The fourth-order valence-corrected chi connectivity index (χ4v) is 2.73. The number of nitrogens with zero attached hydrogens (tertiary/aromatic N) is 3. The van der Waals surface area contributed by atoms with Crippen LogP contribution in [0.1, 0.15) is 27.7 Å². The minimum absolute atomic E-state index is 0.364. The van der Waals surface area contributed by atoms with Gasteiger partial charge in [-0.05, 0) is 45.3 Å². The molecule has 6 nitrogen and oxygen atoms in total. The number of hydrogen-bond donors (Lipinski definition) is 0. The zero-order valence-electron chi connectivity index (χ0n) is 14.5. The van der Waals surface area contributed by atoms with Crippen molar-refractivity contribution in [3.63, 3.8) is 0 Å². The number of oxazole rings is 1. The van der Waals surface area contributed by atoms with Crippen LogP contribution >= 0.6 is 0 Å².